The van der Waals surface area contributed by atoms with E-state index >= 15 is 0 Å². The number of rotatable bonds is 6. The summed E-state index contributed by atoms with van der Waals surface area (Å²) in [6.07, 6.45) is 8.76. The average Bonchev–Trinajstić information content (AvgIpc) is 3.36. The summed E-state index contributed by atoms with van der Waals surface area (Å²) in [5.41, 5.74) is 1.14. The van der Waals surface area contributed by atoms with Crippen LogP contribution in [0.25, 0.3) is 5.76 Å². The number of tetrazole rings is 1. The predicted molar refractivity (Wildman–Crippen MR) is 140 cm³/mol. The fourth-order valence-corrected chi connectivity index (χ4v) is 8.59. The van der Waals surface area contributed by atoms with Crippen LogP contribution in [0.1, 0.15) is 63.4 Å². The van der Waals surface area contributed by atoms with Crippen LogP contribution in [-0.2, 0) is 19.8 Å². The fraction of sp³-hybridized carbons (Fsp3) is 0.600. The van der Waals surface area contributed by atoms with E-state index in [1.807, 2.05) is 24.4 Å². The van der Waals surface area contributed by atoms with E-state index in [4.69, 9.17) is 19.2 Å². The monoisotopic (exact) mass is 541 g/mol. The molecule has 5 aliphatic heterocycles. The van der Waals surface area contributed by atoms with Gasteiger partial charge in [-0.05, 0) is 67.0 Å². The molecule has 0 aromatic carbocycles. The summed E-state index contributed by atoms with van der Waals surface area (Å²) in [5.74, 6) is 0.177. The molecule has 0 saturated carbocycles. The van der Waals surface area contributed by atoms with Gasteiger partial charge in [0.1, 0.15) is 11.1 Å². The zero-order valence-corrected chi connectivity index (χ0v) is 22.4. The summed E-state index contributed by atoms with van der Waals surface area (Å²) in [6.45, 7) is 4.62. The number of hydrogen-bond acceptors (Lipinski definition) is 11. The number of H-pyrrole nitrogens is 1. The van der Waals surface area contributed by atoms with Crippen molar-refractivity contribution in [3.8, 4) is 0 Å². The number of piperidine rings is 1. The van der Waals surface area contributed by atoms with Gasteiger partial charge in [-0.25, -0.2) is 4.90 Å². The number of aromatic nitrogens is 5. The summed E-state index contributed by atoms with van der Waals surface area (Å²) in [7, 11) is 3.28. The Labute approximate surface area is 223 Å². The molecule has 196 valence electrons. The van der Waals surface area contributed by atoms with Crippen LogP contribution >= 0.6 is 21.8 Å². The van der Waals surface area contributed by atoms with Gasteiger partial charge in [-0.1, -0.05) is 24.6 Å². The summed E-state index contributed by atoms with van der Waals surface area (Å²) in [5, 5.41) is 18.1. The van der Waals surface area contributed by atoms with Crippen LogP contribution < -0.4 is 4.72 Å². The number of nitrogens with one attached hydrogen (secondary N) is 2. The van der Waals surface area contributed by atoms with Gasteiger partial charge in [0.25, 0.3) is 0 Å². The summed E-state index contributed by atoms with van der Waals surface area (Å²) in [6, 6.07) is 5.96. The molecule has 5 aliphatic rings. The molecule has 4 atom stereocenters. The summed E-state index contributed by atoms with van der Waals surface area (Å²) >= 11 is 0. The highest BCUT2D eigenvalue weighted by Gasteiger charge is 2.92. The van der Waals surface area contributed by atoms with Crippen LogP contribution in [-0.4, -0.2) is 62.2 Å². The van der Waals surface area contributed by atoms with Crippen molar-refractivity contribution in [2.24, 2.45) is 5.41 Å². The van der Waals surface area contributed by atoms with Crippen molar-refractivity contribution < 1.29 is 14.2 Å². The third-order valence-electron chi connectivity index (χ3n) is 8.38. The summed E-state index contributed by atoms with van der Waals surface area (Å²) in [4.78, 5) is 7.10. The van der Waals surface area contributed by atoms with Crippen molar-refractivity contribution in [1.29, 1.82) is 0 Å². The van der Waals surface area contributed by atoms with Gasteiger partial charge in [0, 0.05) is 48.0 Å². The fourth-order valence-electron chi connectivity index (χ4n) is 6.92. The second kappa shape index (κ2) is 9.26. The first-order valence-electron chi connectivity index (χ1n) is 13.2. The van der Waals surface area contributed by atoms with E-state index in [0.29, 0.717) is 12.4 Å². The van der Waals surface area contributed by atoms with E-state index < -0.39 is 16.9 Å². The van der Waals surface area contributed by atoms with E-state index in [2.05, 4.69) is 42.6 Å². The standard InChI is InChI=1S/C25H31N7O3S2/c1-2-17-21(18-10-4-6-12-26-18)34-25(32-13-7-3-8-14-32)24(35-25,22-27-30-31-28-22)23(17,19-16-36-37-29-19)20-11-5-9-15-33-20/h4,6,10,12,16,20,29H,2-3,5,7-9,11,13-15H2,1H3,(H,27,28,30,31). The SMILES string of the molecule is CCC1=C(c2ccccn2)OC2(N3CCCCC3)OC2(c2nn[nH]n2)C1(C1=CSSN1)C1CCCCO1. The molecule has 2 N–H and O–H groups in total. The molecule has 0 spiro atoms. The third-order valence-corrected chi connectivity index (χ3v) is 9.94. The molecule has 0 aliphatic carbocycles. The van der Waals surface area contributed by atoms with E-state index in [-0.39, 0.29) is 6.10 Å². The zero-order chi connectivity index (χ0) is 24.9. The van der Waals surface area contributed by atoms with Crippen LogP contribution in [0.4, 0.5) is 0 Å². The van der Waals surface area contributed by atoms with Crippen LogP contribution in [0.15, 0.2) is 41.1 Å². The molecule has 3 fully saturated rings. The molecule has 0 amide bonds. The Hall–Kier alpha value is -2.12. The third kappa shape index (κ3) is 3.25. The Morgan fingerprint density at radius 1 is 1.16 bits per heavy atom. The van der Waals surface area contributed by atoms with Crippen molar-refractivity contribution in [1.82, 2.24) is 35.2 Å². The molecule has 2 aromatic rings. The molecular formula is C25H31N7O3S2. The van der Waals surface area contributed by atoms with Crippen LogP contribution in [0.5, 0.6) is 0 Å². The van der Waals surface area contributed by atoms with Crippen LogP contribution in [0.3, 0.4) is 0 Å². The van der Waals surface area contributed by atoms with E-state index in [9.17, 15) is 0 Å². The second-order valence-electron chi connectivity index (χ2n) is 10.1. The van der Waals surface area contributed by atoms with Crippen molar-refractivity contribution in [3.63, 3.8) is 0 Å². The number of epoxide rings is 1. The predicted octanol–water partition coefficient (Wildman–Crippen LogP) is 4.11. The second-order valence-corrected chi connectivity index (χ2v) is 12.0. The minimum absolute atomic E-state index is 0.165. The Morgan fingerprint density at radius 2 is 2.08 bits per heavy atom. The largest absolute Gasteiger partial charge is 0.443 e. The number of pyridine rings is 1. The Morgan fingerprint density at radius 3 is 2.76 bits per heavy atom. The number of aromatic amines is 1. The molecule has 10 nitrogen and oxygen atoms in total. The van der Waals surface area contributed by atoms with Gasteiger partial charge < -0.3 is 14.2 Å². The van der Waals surface area contributed by atoms with Gasteiger partial charge in [0.05, 0.1) is 6.10 Å². The maximum Gasteiger partial charge on any atom is 0.314 e. The van der Waals surface area contributed by atoms with E-state index in [1.54, 1.807) is 21.8 Å². The lowest BCUT2D eigenvalue weighted by atomic mass is 9.58. The number of nitrogens with zero attached hydrogens (tertiary/aromatic N) is 5. The first kappa shape index (κ1) is 24.0. The minimum Gasteiger partial charge on any atom is -0.443 e. The highest BCUT2D eigenvalue weighted by Crippen LogP contribution is 2.77. The van der Waals surface area contributed by atoms with E-state index in [0.717, 1.165) is 74.3 Å². The summed E-state index contributed by atoms with van der Waals surface area (Å²) < 4.78 is 24.5. The lowest BCUT2D eigenvalue weighted by molar-refractivity contribution is -0.130. The quantitative estimate of drug-likeness (QED) is 0.313. The normalized spacial score (nSPS) is 35.9. The molecular weight excluding hydrogens is 510 g/mol. The minimum atomic E-state index is -1.09. The lowest BCUT2D eigenvalue weighted by Gasteiger charge is -2.51. The average molecular weight is 542 g/mol. The zero-order valence-electron chi connectivity index (χ0n) is 20.8. The van der Waals surface area contributed by atoms with Crippen molar-refractivity contribution >= 4 is 27.5 Å². The van der Waals surface area contributed by atoms with Crippen LogP contribution in [0.2, 0.25) is 0 Å². The molecule has 12 heteroatoms. The number of hydrogen-bond donors (Lipinski definition) is 2. The van der Waals surface area contributed by atoms with Crippen molar-refractivity contribution in [2.45, 2.75) is 69.5 Å². The molecule has 0 bridgehead atoms. The number of likely N-dealkylation sites (tertiary alicyclic amines) is 1. The molecule has 37 heavy (non-hydrogen) atoms. The van der Waals surface area contributed by atoms with Gasteiger partial charge in [-0.15, -0.1) is 10.2 Å². The van der Waals surface area contributed by atoms with Crippen LogP contribution in [0, 0.1) is 5.41 Å². The number of ether oxygens (including phenoxy) is 3. The maximum absolute atomic E-state index is 7.08. The van der Waals surface area contributed by atoms with Crippen molar-refractivity contribution in [3.05, 3.63) is 52.6 Å². The van der Waals surface area contributed by atoms with Crippen molar-refractivity contribution in [2.75, 3.05) is 19.7 Å². The molecule has 4 unspecified atom stereocenters. The Kier molecular flexibility index (Phi) is 6.00. The molecule has 7 rings (SSSR count). The first-order chi connectivity index (χ1) is 18.3. The van der Waals surface area contributed by atoms with Gasteiger partial charge >= 0.3 is 5.91 Å². The van der Waals surface area contributed by atoms with Gasteiger partial charge in [0.2, 0.25) is 11.4 Å². The number of fused-ring (bicyclic) bond motifs is 1. The van der Waals surface area contributed by atoms with Gasteiger partial charge in [-0.3, -0.25) is 9.72 Å². The highest BCUT2D eigenvalue weighted by atomic mass is 33.1. The Balaban J connectivity index is 1.56. The molecule has 2 aromatic heterocycles. The topological polar surface area (TPSA) is 114 Å². The molecule has 7 heterocycles. The Bertz CT molecular complexity index is 1200. The highest BCUT2D eigenvalue weighted by molar-refractivity contribution is 8.77. The molecule has 0 radical (unpaired) electrons. The van der Waals surface area contributed by atoms with Gasteiger partial charge in [-0.2, -0.15) is 5.21 Å². The van der Waals surface area contributed by atoms with E-state index in [1.165, 1.54) is 6.42 Å². The lowest BCUT2D eigenvalue weighted by Crippen LogP contribution is -2.62. The first-order valence-corrected chi connectivity index (χ1v) is 15.4. The molecule has 3 saturated heterocycles. The van der Waals surface area contributed by atoms with Gasteiger partial charge in [0.15, 0.2) is 5.76 Å². The smallest absolute Gasteiger partial charge is 0.314 e. The maximum atomic E-state index is 7.08.